The Morgan fingerprint density at radius 3 is 2.27 bits per heavy atom. The van der Waals surface area contributed by atoms with E-state index in [4.69, 9.17) is 9.47 Å². The van der Waals surface area contributed by atoms with Crippen molar-refractivity contribution in [3.8, 4) is 11.5 Å². The molecule has 0 amide bonds. The van der Waals surface area contributed by atoms with Crippen molar-refractivity contribution in [1.29, 1.82) is 0 Å². The molecule has 1 atom stereocenters. The number of sulfonamides is 1. The van der Waals surface area contributed by atoms with Gasteiger partial charge in [-0.15, -0.1) is 0 Å². The van der Waals surface area contributed by atoms with Crippen molar-refractivity contribution in [2.24, 2.45) is 5.41 Å². The highest BCUT2D eigenvalue weighted by molar-refractivity contribution is 7.89. The summed E-state index contributed by atoms with van der Waals surface area (Å²) < 4.78 is 40.8. The van der Waals surface area contributed by atoms with Gasteiger partial charge < -0.3 is 9.47 Å². The van der Waals surface area contributed by atoms with Gasteiger partial charge >= 0.3 is 0 Å². The lowest BCUT2D eigenvalue weighted by atomic mass is 9.68. The fourth-order valence-electron chi connectivity index (χ4n) is 5.28. The minimum Gasteiger partial charge on any atom is -0.454 e. The van der Waals surface area contributed by atoms with E-state index in [0.29, 0.717) is 22.9 Å². The van der Waals surface area contributed by atoms with Crippen LogP contribution in [0.15, 0.2) is 59.5 Å². The first-order valence-corrected chi connectivity index (χ1v) is 13.4. The fourth-order valence-corrected chi connectivity index (χ4v) is 6.96. The van der Waals surface area contributed by atoms with E-state index < -0.39 is 10.0 Å². The van der Waals surface area contributed by atoms with Crippen LogP contribution in [0.1, 0.15) is 69.5 Å². The molecule has 0 saturated carbocycles. The van der Waals surface area contributed by atoms with Crippen molar-refractivity contribution in [3.63, 3.8) is 0 Å². The highest BCUT2D eigenvalue weighted by Gasteiger charge is 2.53. The molecule has 2 heterocycles. The van der Waals surface area contributed by atoms with E-state index in [1.54, 1.807) is 16.4 Å². The number of ether oxygens (including phenoxy) is 2. The van der Waals surface area contributed by atoms with Crippen LogP contribution in [0.4, 0.5) is 0 Å². The summed E-state index contributed by atoms with van der Waals surface area (Å²) in [5.41, 5.74) is 2.69. The van der Waals surface area contributed by atoms with Crippen LogP contribution in [-0.2, 0) is 10.0 Å². The first kappa shape index (κ1) is 23.8. The van der Waals surface area contributed by atoms with Gasteiger partial charge in [0.05, 0.1) is 10.9 Å². The smallest absolute Gasteiger partial charge is 0.243 e. The fraction of sp³-hybridized carbons (Fsp3) is 0.481. The van der Waals surface area contributed by atoms with E-state index in [1.165, 1.54) is 0 Å². The molecule has 2 aliphatic rings. The van der Waals surface area contributed by atoms with Crippen molar-refractivity contribution in [2.45, 2.75) is 70.2 Å². The van der Waals surface area contributed by atoms with Gasteiger partial charge in [-0.2, -0.15) is 4.31 Å². The predicted octanol–water partition coefficient (Wildman–Crippen LogP) is 6.39. The second-order valence-corrected chi connectivity index (χ2v) is 11.2. The number of hydrogen-bond donors (Lipinski definition) is 0. The molecule has 0 aliphatic carbocycles. The van der Waals surface area contributed by atoms with Gasteiger partial charge in [0, 0.05) is 12.0 Å². The largest absolute Gasteiger partial charge is 0.454 e. The number of rotatable bonds is 9. The molecule has 0 radical (unpaired) electrons. The zero-order valence-electron chi connectivity index (χ0n) is 20.0. The summed E-state index contributed by atoms with van der Waals surface area (Å²) in [7, 11) is -3.72. The average Bonchev–Trinajstić information content (AvgIpc) is 3.39. The molecule has 5 nitrogen and oxygen atoms in total. The molecule has 2 aliphatic heterocycles. The molecule has 0 N–H and O–H groups in total. The summed E-state index contributed by atoms with van der Waals surface area (Å²) in [6, 6.07) is 12.7. The van der Waals surface area contributed by atoms with Crippen LogP contribution < -0.4 is 9.47 Å². The molecule has 1 unspecified atom stereocenters. The normalized spacial score (nSPS) is 19.8. The van der Waals surface area contributed by atoms with Crippen LogP contribution in [0.5, 0.6) is 11.5 Å². The number of hydrogen-bond acceptors (Lipinski definition) is 4. The van der Waals surface area contributed by atoms with E-state index in [0.717, 1.165) is 55.2 Å². The summed E-state index contributed by atoms with van der Waals surface area (Å²) in [4.78, 5) is 0.327. The topological polar surface area (TPSA) is 55.8 Å². The molecule has 178 valence electrons. The van der Waals surface area contributed by atoms with Gasteiger partial charge in [-0.1, -0.05) is 75.4 Å². The second kappa shape index (κ2) is 9.51. The van der Waals surface area contributed by atoms with Gasteiger partial charge in [-0.25, -0.2) is 8.42 Å². The Labute approximate surface area is 198 Å². The monoisotopic (exact) mass is 469 g/mol. The summed E-state index contributed by atoms with van der Waals surface area (Å²) in [6.07, 6.45) is 6.01. The van der Waals surface area contributed by atoms with Crippen LogP contribution in [0, 0.1) is 12.3 Å². The van der Waals surface area contributed by atoms with E-state index >= 15 is 0 Å². The standard InChI is InChI=1S/C27H35NO4S/c1-5-7-15-27(16-8-6-2)21(4)18-28(33(29,30)23-12-9-20(3)10-13-23)26(27)22-11-14-24-25(17-22)32-19-31-24/h9-14,17,26H,4-8,15-16,18-19H2,1-3H3. The number of benzene rings is 2. The van der Waals surface area contributed by atoms with E-state index in [2.05, 4.69) is 20.4 Å². The lowest BCUT2D eigenvalue weighted by molar-refractivity contribution is 0.173. The molecule has 2 aromatic rings. The molecule has 2 aromatic carbocycles. The molecule has 6 heteroatoms. The van der Waals surface area contributed by atoms with Gasteiger partial charge in [-0.3, -0.25) is 0 Å². The van der Waals surface area contributed by atoms with Crippen LogP contribution in [0.3, 0.4) is 0 Å². The molecule has 0 aromatic heterocycles. The molecule has 0 bridgehead atoms. The number of nitrogens with zero attached hydrogens (tertiary/aromatic N) is 1. The van der Waals surface area contributed by atoms with Crippen molar-refractivity contribution >= 4 is 10.0 Å². The summed E-state index contributed by atoms with van der Waals surface area (Å²) >= 11 is 0. The van der Waals surface area contributed by atoms with Crippen LogP contribution in [0.2, 0.25) is 0 Å². The van der Waals surface area contributed by atoms with Crippen molar-refractivity contribution in [2.75, 3.05) is 13.3 Å². The molecule has 33 heavy (non-hydrogen) atoms. The minimum atomic E-state index is -3.72. The number of unbranched alkanes of at least 4 members (excludes halogenated alkanes) is 2. The maximum Gasteiger partial charge on any atom is 0.243 e. The van der Waals surface area contributed by atoms with E-state index in [-0.39, 0.29) is 18.2 Å². The Hall–Kier alpha value is -2.31. The van der Waals surface area contributed by atoms with Gasteiger partial charge in [0.15, 0.2) is 11.5 Å². The maximum atomic E-state index is 14.0. The Kier molecular flexibility index (Phi) is 6.87. The third kappa shape index (κ3) is 4.31. The SMILES string of the molecule is C=C1CN(S(=O)(=O)c2ccc(C)cc2)C(c2ccc3c(c2)OCO3)C1(CCCC)CCCC. The minimum absolute atomic E-state index is 0.193. The second-order valence-electron chi connectivity index (χ2n) is 9.35. The molecular formula is C27H35NO4S. The van der Waals surface area contributed by atoms with Crippen molar-refractivity contribution < 1.29 is 17.9 Å². The van der Waals surface area contributed by atoms with E-state index in [9.17, 15) is 8.42 Å². The van der Waals surface area contributed by atoms with Crippen LogP contribution >= 0.6 is 0 Å². The third-order valence-corrected chi connectivity index (χ3v) is 8.98. The van der Waals surface area contributed by atoms with E-state index in [1.807, 2.05) is 37.3 Å². The molecule has 4 rings (SSSR count). The molecule has 1 saturated heterocycles. The molecule has 1 fully saturated rings. The summed E-state index contributed by atoms with van der Waals surface area (Å²) in [5, 5.41) is 0. The zero-order valence-corrected chi connectivity index (χ0v) is 20.8. The number of aryl methyl sites for hydroxylation is 1. The van der Waals surface area contributed by atoms with Crippen LogP contribution in [0.25, 0.3) is 0 Å². The quantitative estimate of drug-likeness (QED) is 0.399. The van der Waals surface area contributed by atoms with Gasteiger partial charge in [0.2, 0.25) is 16.8 Å². The highest BCUT2D eigenvalue weighted by atomic mass is 32.2. The van der Waals surface area contributed by atoms with Gasteiger partial charge in [0.25, 0.3) is 0 Å². The Bertz CT molecular complexity index is 1100. The first-order chi connectivity index (χ1) is 15.8. The van der Waals surface area contributed by atoms with Crippen LogP contribution in [-0.4, -0.2) is 26.1 Å². The molecule has 0 spiro atoms. The Balaban J connectivity index is 1.86. The average molecular weight is 470 g/mol. The number of fused-ring (bicyclic) bond motifs is 1. The lowest BCUT2D eigenvalue weighted by Crippen LogP contribution is -2.36. The summed E-state index contributed by atoms with van der Waals surface area (Å²) in [5.74, 6) is 1.38. The third-order valence-electron chi connectivity index (χ3n) is 7.16. The maximum absolute atomic E-state index is 14.0. The van der Waals surface area contributed by atoms with Crippen molar-refractivity contribution in [3.05, 3.63) is 65.7 Å². The summed E-state index contributed by atoms with van der Waals surface area (Å²) in [6.45, 7) is 11.3. The first-order valence-electron chi connectivity index (χ1n) is 12.0. The predicted molar refractivity (Wildman–Crippen MR) is 131 cm³/mol. The Morgan fingerprint density at radius 2 is 1.64 bits per heavy atom. The van der Waals surface area contributed by atoms with Gasteiger partial charge in [0.1, 0.15) is 0 Å². The Morgan fingerprint density at radius 1 is 1.00 bits per heavy atom. The molecular weight excluding hydrogens is 434 g/mol. The lowest BCUT2D eigenvalue weighted by Gasteiger charge is -2.39. The zero-order chi connectivity index (χ0) is 23.6. The highest BCUT2D eigenvalue weighted by Crippen LogP contribution is 2.58. The van der Waals surface area contributed by atoms with Crippen molar-refractivity contribution in [1.82, 2.24) is 4.31 Å². The van der Waals surface area contributed by atoms with Gasteiger partial charge in [-0.05, 0) is 49.6 Å².